The summed E-state index contributed by atoms with van der Waals surface area (Å²) in [6, 6.07) is 16.1. The molecule has 26 heavy (non-hydrogen) atoms. The lowest BCUT2D eigenvalue weighted by atomic mass is 10.2. The van der Waals surface area contributed by atoms with Gasteiger partial charge in [-0.3, -0.25) is 9.13 Å². The molecule has 0 aliphatic carbocycles. The molecule has 8 heteroatoms. The summed E-state index contributed by atoms with van der Waals surface area (Å²) in [6.45, 7) is 0. The number of rotatable bonds is 2. The van der Waals surface area contributed by atoms with Gasteiger partial charge in [0.05, 0.1) is 11.0 Å². The van der Waals surface area contributed by atoms with Gasteiger partial charge in [-0.2, -0.15) is 0 Å². The quantitative estimate of drug-likeness (QED) is 0.376. The third-order valence-electron chi connectivity index (χ3n) is 4.19. The summed E-state index contributed by atoms with van der Waals surface area (Å²) in [6.07, 6.45) is 3.83. The molecule has 3 aromatic heterocycles. The number of hydrogen-bond donors (Lipinski definition) is 0. The predicted octanol–water partition coefficient (Wildman–Crippen LogP) is 4.68. The van der Waals surface area contributed by atoms with Crippen LogP contribution in [0.3, 0.4) is 0 Å². The molecule has 0 radical (unpaired) electrons. The molecule has 3 heterocycles. The second kappa shape index (κ2) is 6.00. The maximum absolute atomic E-state index is 4.27. The van der Waals surface area contributed by atoms with Crippen LogP contribution in [-0.2, 0) is 0 Å². The molecule has 0 fully saturated rings. The van der Waals surface area contributed by atoms with E-state index < -0.39 is 0 Å². The Hall–Kier alpha value is -2.58. The smallest absolute Gasteiger partial charge is 0.273 e. The van der Waals surface area contributed by atoms with Gasteiger partial charge in [-0.15, -0.1) is 20.4 Å². The molecular weight excluding hydrogens is 460 g/mol. The van der Waals surface area contributed by atoms with E-state index in [1.54, 1.807) is 0 Å². The minimum absolute atomic E-state index is 0.435. The zero-order valence-electron chi connectivity index (χ0n) is 13.2. The summed E-state index contributed by atoms with van der Waals surface area (Å²) in [5.41, 5.74) is 2.00. The first kappa shape index (κ1) is 15.7. The van der Waals surface area contributed by atoms with Gasteiger partial charge in [0.1, 0.15) is 0 Å². The SMILES string of the molecule is Brc1ccc2c(ccn2-c2nnc(-n3ccc4cc(Br)ccc43)nn2)c1. The van der Waals surface area contributed by atoms with E-state index in [0.29, 0.717) is 11.9 Å². The van der Waals surface area contributed by atoms with Crippen molar-refractivity contribution in [3.63, 3.8) is 0 Å². The fraction of sp³-hybridized carbons (Fsp3) is 0. The van der Waals surface area contributed by atoms with Crippen molar-refractivity contribution in [3.8, 4) is 11.9 Å². The normalized spacial score (nSPS) is 11.5. The van der Waals surface area contributed by atoms with Crippen LogP contribution in [0, 0.1) is 0 Å². The molecule has 126 valence electrons. The molecule has 0 N–H and O–H groups in total. The number of hydrogen-bond acceptors (Lipinski definition) is 4. The van der Waals surface area contributed by atoms with Crippen LogP contribution >= 0.6 is 31.9 Å². The Morgan fingerprint density at radius 3 is 1.42 bits per heavy atom. The monoisotopic (exact) mass is 468 g/mol. The largest absolute Gasteiger partial charge is 0.283 e. The van der Waals surface area contributed by atoms with Gasteiger partial charge < -0.3 is 0 Å². The highest BCUT2D eigenvalue weighted by atomic mass is 79.9. The van der Waals surface area contributed by atoms with E-state index in [9.17, 15) is 0 Å². The van der Waals surface area contributed by atoms with Gasteiger partial charge in [0.15, 0.2) is 0 Å². The molecule has 5 aromatic rings. The van der Waals surface area contributed by atoms with Crippen LogP contribution in [0.2, 0.25) is 0 Å². The van der Waals surface area contributed by atoms with Crippen molar-refractivity contribution < 1.29 is 0 Å². The van der Waals surface area contributed by atoms with Gasteiger partial charge in [0.2, 0.25) is 0 Å². The van der Waals surface area contributed by atoms with Gasteiger partial charge in [0, 0.05) is 32.1 Å². The number of benzene rings is 2. The lowest BCUT2D eigenvalue weighted by Gasteiger charge is -2.05. The lowest BCUT2D eigenvalue weighted by molar-refractivity contribution is 0.754. The second-order valence-electron chi connectivity index (χ2n) is 5.78. The Kier molecular flexibility index (Phi) is 3.61. The van der Waals surface area contributed by atoms with Crippen molar-refractivity contribution in [1.82, 2.24) is 29.5 Å². The Morgan fingerprint density at radius 1 is 0.577 bits per heavy atom. The molecular formula is C18H10Br2N6. The molecule has 0 aliphatic heterocycles. The zero-order valence-corrected chi connectivity index (χ0v) is 16.4. The minimum Gasteiger partial charge on any atom is -0.283 e. The molecule has 0 saturated heterocycles. The minimum atomic E-state index is 0.435. The zero-order chi connectivity index (χ0) is 17.7. The third kappa shape index (κ3) is 2.53. The Balaban J connectivity index is 1.57. The van der Waals surface area contributed by atoms with Crippen LogP contribution in [0.1, 0.15) is 0 Å². The van der Waals surface area contributed by atoms with E-state index in [4.69, 9.17) is 0 Å². The summed E-state index contributed by atoms with van der Waals surface area (Å²) in [5, 5.41) is 19.3. The van der Waals surface area contributed by atoms with Crippen molar-refractivity contribution in [2.75, 3.05) is 0 Å². The highest BCUT2D eigenvalue weighted by Crippen LogP contribution is 2.24. The first-order chi connectivity index (χ1) is 12.7. The van der Waals surface area contributed by atoms with Crippen LogP contribution in [-0.4, -0.2) is 29.5 Å². The summed E-state index contributed by atoms with van der Waals surface area (Å²) < 4.78 is 5.80. The van der Waals surface area contributed by atoms with Crippen molar-refractivity contribution in [1.29, 1.82) is 0 Å². The van der Waals surface area contributed by atoms with E-state index in [2.05, 4.69) is 52.3 Å². The predicted molar refractivity (Wildman–Crippen MR) is 107 cm³/mol. The molecule has 6 nitrogen and oxygen atoms in total. The highest BCUT2D eigenvalue weighted by Gasteiger charge is 2.10. The number of halogens is 2. The summed E-state index contributed by atoms with van der Waals surface area (Å²) in [5.74, 6) is 0.871. The van der Waals surface area contributed by atoms with Gasteiger partial charge in [0.25, 0.3) is 11.9 Å². The summed E-state index contributed by atoms with van der Waals surface area (Å²) >= 11 is 6.97. The van der Waals surface area contributed by atoms with Crippen LogP contribution in [0.25, 0.3) is 33.7 Å². The highest BCUT2D eigenvalue weighted by molar-refractivity contribution is 9.10. The van der Waals surface area contributed by atoms with E-state index >= 15 is 0 Å². The van der Waals surface area contributed by atoms with Crippen LogP contribution in [0.4, 0.5) is 0 Å². The van der Waals surface area contributed by atoms with E-state index in [1.165, 1.54) is 0 Å². The number of nitrogens with zero attached hydrogens (tertiary/aromatic N) is 6. The average Bonchev–Trinajstić information content (AvgIpc) is 3.25. The molecule has 0 amide bonds. The van der Waals surface area contributed by atoms with Gasteiger partial charge in [-0.25, -0.2) is 0 Å². The summed E-state index contributed by atoms with van der Waals surface area (Å²) in [4.78, 5) is 0. The van der Waals surface area contributed by atoms with Crippen LogP contribution in [0.5, 0.6) is 0 Å². The molecule has 0 spiro atoms. The lowest BCUT2D eigenvalue weighted by Crippen LogP contribution is -2.08. The topological polar surface area (TPSA) is 61.4 Å². The van der Waals surface area contributed by atoms with Crippen LogP contribution in [0.15, 0.2) is 69.9 Å². The van der Waals surface area contributed by atoms with E-state index in [0.717, 1.165) is 30.8 Å². The van der Waals surface area contributed by atoms with Crippen molar-refractivity contribution in [2.24, 2.45) is 0 Å². The van der Waals surface area contributed by atoms with Gasteiger partial charge in [-0.1, -0.05) is 31.9 Å². The fourth-order valence-electron chi connectivity index (χ4n) is 2.99. The Labute approximate surface area is 164 Å². The third-order valence-corrected chi connectivity index (χ3v) is 5.18. The second-order valence-corrected chi connectivity index (χ2v) is 7.61. The molecule has 0 unspecified atom stereocenters. The maximum Gasteiger partial charge on any atom is 0.273 e. The standard InChI is InChI=1S/C18H10Br2N6/c19-13-1-3-15-11(9-13)5-7-25(15)17-21-23-18(24-22-17)26-8-6-12-10-14(20)2-4-16(12)26/h1-10H. The van der Waals surface area contributed by atoms with Gasteiger partial charge >= 0.3 is 0 Å². The van der Waals surface area contributed by atoms with Gasteiger partial charge in [-0.05, 0) is 48.5 Å². The molecule has 2 aromatic carbocycles. The van der Waals surface area contributed by atoms with Crippen molar-refractivity contribution in [3.05, 3.63) is 69.9 Å². The average molecular weight is 470 g/mol. The molecule has 5 rings (SSSR count). The Bertz CT molecular complexity index is 1160. The first-order valence-corrected chi connectivity index (χ1v) is 9.39. The van der Waals surface area contributed by atoms with Crippen molar-refractivity contribution in [2.45, 2.75) is 0 Å². The summed E-state index contributed by atoms with van der Waals surface area (Å²) in [7, 11) is 0. The number of aromatic nitrogens is 6. The van der Waals surface area contributed by atoms with Crippen LogP contribution < -0.4 is 0 Å². The molecule has 0 saturated carbocycles. The van der Waals surface area contributed by atoms with E-state index in [-0.39, 0.29) is 0 Å². The first-order valence-electron chi connectivity index (χ1n) is 7.80. The number of fused-ring (bicyclic) bond motifs is 2. The van der Waals surface area contributed by atoms with Crippen molar-refractivity contribution >= 4 is 53.7 Å². The fourth-order valence-corrected chi connectivity index (χ4v) is 3.74. The van der Waals surface area contributed by atoms with E-state index in [1.807, 2.05) is 70.1 Å². The Morgan fingerprint density at radius 2 is 1.00 bits per heavy atom. The molecule has 0 bridgehead atoms. The molecule has 0 atom stereocenters. The molecule has 0 aliphatic rings. The maximum atomic E-state index is 4.27.